The maximum Gasteiger partial charge on any atom is 0.311 e. The van der Waals surface area contributed by atoms with Crippen molar-refractivity contribution in [1.82, 2.24) is 9.80 Å². The summed E-state index contributed by atoms with van der Waals surface area (Å²) in [6.45, 7) is 3.10. The number of hydrogen-bond donors (Lipinski definition) is 1. The molecule has 0 spiro atoms. The predicted molar refractivity (Wildman–Crippen MR) is 76.6 cm³/mol. The van der Waals surface area contributed by atoms with Crippen LogP contribution in [0, 0.1) is 5.41 Å². The number of aliphatic carboxylic acids is 1. The molecule has 1 atom stereocenters. The molecule has 21 heavy (non-hydrogen) atoms. The fourth-order valence-corrected chi connectivity index (χ4v) is 2.99. The molecule has 2 rings (SSSR count). The third-order valence-electron chi connectivity index (χ3n) is 4.59. The Morgan fingerprint density at radius 2 is 1.90 bits per heavy atom. The number of rotatable bonds is 3. The minimum atomic E-state index is -0.861. The number of carbonyl (C=O) groups excluding carboxylic acids is 2. The van der Waals surface area contributed by atoms with Crippen molar-refractivity contribution >= 4 is 17.8 Å². The number of carbonyl (C=O) groups is 3. The summed E-state index contributed by atoms with van der Waals surface area (Å²) in [5.41, 5.74) is -0.851. The van der Waals surface area contributed by atoms with Gasteiger partial charge >= 0.3 is 5.97 Å². The smallest absolute Gasteiger partial charge is 0.311 e. The first-order valence-electron chi connectivity index (χ1n) is 7.71. The van der Waals surface area contributed by atoms with Crippen LogP contribution in [0.25, 0.3) is 0 Å². The Labute approximate surface area is 125 Å². The highest BCUT2D eigenvalue weighted by molar-refractivity contribution is 5.86. The van der Waals surface area contributed by atoms with Crippen molar-refractivity contribution in [3.63, 3.8) is 0 Å². The topological polar surface area (TPSA) is 77.9 Å². The Morgan fingerprint density at radius 3 is 2.57 bits per heavy atom. The van der Waals surface area contributed by atoms with Gasteiger partial charge in [0.05, 0.1) is 12.0 Å². The largest absolute Gasteiger partial charge is 0.481 e. The van der Waals surface area contributed by atoms with Gasteiger partial charge in [-0.15, -0.1) is 0 Å². The molecule has 6 heteroatoms. The summed E-state index contributed by atoms with van der Waals surface area (Å²) >= 11 is 0. The monoisotopic (exact) mass is 296 g/mol. The maximum absolute atomic E-state index is 12.3. The molecule has 0 bridgehead atoms. The van der Waals surface area contributed by atoms with Crippen molar-refractivity contribution in [3.8, 4) is 0 Å². The van der Waals surface area contributed by atoms with Gasteiger partial charge in [0.25, 0.3) is 0 Å². The molecule has 1 unspecified atom stereocenters. The summed E-state index contributed by atoms with van der Waals surface area (Å²) in [5, 5.41) is 9.20. The van der Waals surface area contributed by atoms with E-state index in [4.69, 9.17) is 0 Å². The van der Waals surface area contributed by atoms with Crippen molar-refractivity contribution < 1.29 is 19.5 Å². The van der Waals surface area contributed by atoms with Crippen LogP contribution in [0.3, 0.4) is 0 Å². The normalized spacial score (nSPS) is 27.4. The summed E-state index contributed by atoms with van der Waals surface area (Å²) in [4.78, 5) is 38.8. The van der Waals surface area contributed by atoms with E-state index in [9.17, 15) is 19.5 Å². The number of carboxylic acids is 1. The zero-order chi connectivity index (χ0) is 15.5. The SMILES string of the molecule is CC1(C(=O)O)CCN(C(=O)CN2CCCCCCC2=O)C1. The Balaban J connectivity index is 1.92. The van der Waals surface area contributed by atoms with Gasteiger partial charge in [-0.2, -0.15) is 0 Å². The third-order valence-corrected chi connectivity index (χ3v) is 4.59. The van der Waals surface area contributed by atoms with E-state index in [1.165, 1.54) is 0 Å². The van der Waals surface area contributed by atoms with E-state index in [-0.39, 0.29) is 24.9 Å². The van der Waals surface area contributed by atoms with Gasteiger partial charge in [0, 0.05) is 26.1 Å². The lowest BCUT2D eigenvalue weighted by Gasteiger charge is -2.27. The van der Waals surface area contributed by atoms with Crippen LogP contribution >= 0.6 is 0 Å². The maximum atomic E-state index is 12.3. The Morgan fingerprint density at radius 1 is 1.19 bits per heavy atom. The summed E-state index contributed by atoms with van der Waals surface area (Å²) in [5.74, 6) is -0.947. The van der Waals surface area contributed by atoms with Crippen molar-refractivity contribution in [3.05, 3.63) is 0 Å². The van der Waals surface area contributed by atoms with E-state index in [1.54, 1.807) is 16.7 Å². The van der Waals surface area contributed by atoms with Gasteiger partial charge in [0.1, 0.15) is 0 Å². The van der Waals surface area contributed by atoms with Gasteiger partial charge in [0.15, 0.2) is 0 Å². The molecule has 0 radical (unpaired) electrons. The molecule has 118 valence electrons. The Kier molecular flexibility index (Phi) is 4.85. The lowest BCUT2D eigenvalue weighted by atomic mass is 9.90. The minimum Gasteiger partial charge on any atom is -0.481 e. The van der Waals surface area contributed by atoms with Crippen LogP contribution in [-0.2, 0) is 14.4 Å². The Bertz CT molecular complexity index is 437. The molecular weight excluding hydrogens is 272 g/mol. The number of likely N-dealkylation sites (tertiary alicyclic amines) is 2. The summed E-state index contributed by atoms with van der Waals surface area (Å²) in [6, 6.07) is 0. The Hall–Kier alpha value is -1.59. The van der Waals surface area contributed by atoms with Crippen LogP contribution in [0.5, 0.6) is 0 Å². The molecule has 2 fully saturated rings. The fraction of sp³-hybridized carbons (Fsp3) is 0.800. The molecule has 0 aromatic rings. The van der Waals surface area contributed by atoms with E-state index < -0.39 is 11.4 Å². The molecule has 2 aliphatic rings. The van der Waals surface area contributed by atoms with E-state index in [0.29, 0.717) is 25.9 Å². The standard InChI is InChI=1S/C15H24N2O4/c1-15(14(20)21)7-9-17(11-15)13(19)10-16-8-5-3-2-4-6-12(16)18/h2-11H2,1H3,(H,20,21). The molecule has 0 aromatic carbocycles. The first-order chi connectivity index (χ1) is 9.92. The van der Waals surface area contributed by atoms with Crippen molar-refractivity contribution in [2.24, 2.45) is 5.41 Å². The number of amides is 2. The quantitative estimate of drug-likeness (QED) is 0.846. The van der Waals surface area contributed by atoms with Crippen molar-refractivity contribution in [2.45, 2.75) is 45.4 Å². The van der Waals surface area contributed by atoms with Gasteiger partial charge in [-0.25, -0.2) is 0 Å². The van der Waals surface area contributed by atoms with Gasteiger partial charge in [-0.05, 0) is 26.2 Å². The highest BCUT2D eigenvalue weighted by Gasteiger charge is 2.42. The predicted octanol–water partition coefficient (Wildman–Crippen LogP) is 1.10. The third kappa shape index (κ3) is 3.74. The average Bonchev–Trinajstić information content (AvgIpc) is 2.82. The van der Waals surface area contributed by atoms with Gasteiger partial charge in [-0.1, -0.05) is 12.8 Å². The highest BCUT2D eigenvalue weighted by atomic mass is 16.4. The summed E-state index contributed by atoms with van der Waals surface area (Å²) in [6.07, 6.45) is 4.99. The lowest BCUT2D eigenvalue weighted by molar-refractivity contribution is -0.148. The number of hydrogen-bond acceptors (Lipinski definition) is 3. The average molecular weight is 296 g/mol. The van der Waals surface area contributed by atoms with E-state index in [0.717, 1.165) is 25.7 Å². The van der Waals surface area contributed by atoms with Gasteiger partial charge in [0.2, 0.25) is 11.8 Å². The van der Waals surface area contributed by atoms with Crippen LogP contribution in [0.2, 0.25) is 0 Å². The van der Waals surface area contributed by atoms with Crippen molar-refractivity contribution in [2.75, 3.05) is 26.2 Å². The molecule has 2 aliphatic heterocycles. The molecular formula is C15H24N2O4. The summed E-state index contributed by atoms with van der Waals surface area (Å²) in [7, 11) is 0. The van der Waals surface area contributed by atoms with Crippen LogP contribution in [-0.4, -0.2) is 58.9 Å². The minimum absolute atomic E-state index is 0.0447. The van der Waals surface area contributed by atoms with Crippen LogP contribution in [0.15, 0.2) is 0 Å². The van der Waals surface area contributed by atoms with Gasteiger partial charge < -0.3 is 14.9 Å². The molecule has 0 saturated carbocycles. The van der Waals surface area contributed by atoms with E-state index in [1.807, 2.05) is 0 Å². The van der Waals surface area contributed by atoms with Crippen LogP contribution in [0.1, 0.15) is 45.4 Å². The molecule has 2 heterocycles. The molecule has 2 saturated heterocycles. The molecule has 1 N–H and O–H groups in total. The fourth-order valence-electron chi connectivity index (χ4n) is 2.99. The van der Waals surface area contributed by atoms with E-state index >= 15 is 0 Å². The molecule has 0 aliphatic carbocycles. The van der Waals surface area contributed by atoms with Crippen LogP contribution < -0.4 is 0 Å². The first-order valence-corrected chi connectivity index (χ1v) is 7.71. The molecule has 6 nitrogen and oxygen atoms in total. The van der Waals surface area contributed by atoms with E-state index in [2.05, 4.69) is 0 Å². The zero-order valence-corrected chi connectivity index (χ0v) is 12.6. The zero-order valence-electron chi connectivity index (χ0n) is 12.6. The second-order valence-corrected chi connectivity index (χ2v) is 6.41. The highest BCUT2D eigenvalue weighted by Crippen LogP contribution is 2.30. The number of carboxylic acid groups (broad SMARTS) is 1. The molecule has 0 aromatic heterocycles. The first kappa shape index (κ1) is 15.8. The number of nitrogens with zero attached hydrogens (tertiary/aromatic N) is 2. The second kappa shape index (κ2) is 6.45. The second-order valence-electron chi connectivity index (χ2n) is 6.41. The summed E-state index contributed by atoms with van der Waals surface area (Å²) < 4.78 is 0. The lowest BCUT2D eigenvalue weighted by Crippen LogP contribution is -2.44. The van der Waals surface area contributed by atoms with Crippen molar-refractivity contribution in [1.29, 1.82) is 0 Å². The van der Waals surface area contributed by atoms with Gasteiger partial charge in [-0.3, -0.25) is 14.4 Å². The molecule has 2 amide bonds. The van der Waals surface area contributed by atoms with Crippen LogP contribution in [0.4, 0.5) is 0 Å².